The van der Waals surface area contributed by atoms with Crippen molar-refractivity contribution < 1.29 is 0 Å². The first-order valence-corrected chi connectivity index (χ1v) is 6.32. The van der Waals surface area contributed by atoms with Crippen LogP contribution in [-0.2, 0) is 7.05 Å². The highest BCUT2D eigenvalue weighted by Gasteiger charge is 2.27. The van der Waals surface area contributed by atoms with E-state index in [0.717, 1.165) is 23.8 Å². The van der Waals surface area contributed by atoms with Crippen molar-refractivity contribution in [2.24, 2.45) is 7.05 Å². The van der Waals surface area contributed by atoms with Crippen molar-refractivity contribution >= 4 is 23.3 Å². The standard InChI is InChI=1S/C10H18N4S/c1-7-8(2)15-5-4-14(7)10-9(11)6-13(3)12-10/h6-8H,4-5,11H2,1-3H3. The van der Waals surface area contributed by atoms with Gasteiger partial charge in [0.25, 0.3) is 0 Å². The van der Waals surface area contributed by atoms with E-state index in [1.165, 1.54) is 0 Å². The fraction of sp³-hybridized carbons (Fsp3) is 0.700. The van der Waals surface area contributed by atoms with E-state index >= 15 is 0 Å². The van der Waals surface area contributed by atoms with E-state index in [4.69, 9.17) is 5.73 Å². The first-order valence-electron chi connectivity index (χ1n) is 5.27. The number of anilines is 2. The monoisotopic (exact) mass is 226 g/mol. The topological polar surface area (TPSA) is 47.1 Å². The Balaban J connectivity index is 2.25. The van der Waals surface area contributed by atoms with Gasteiger partial charge >= 0.3 is 0 Å². The lowest BCUT2D eigenvalue weighted by Gasteiger charge is -2.37. The second kappa shape index (κ2) is 3.96. The van der Waals surface area contributed by atoms with Gasteiger partial charge in [0.2, 0.25) is 0 Å². The van der Waals surface area contributed by atoms with Crippen LogP contribution in [0.15, 0.2) is 6.20 Å². The van der Waals surface area contributed by atoms with Gasteiger partial charge in [0, 0.05) is 36.8 Å². The third-order valence-corrected chi connectivity index (χ3v) is 4.33. The number of nitrogens with zero attached hydrogens (tertiary/aromatic N) is 3. The summed E-state index contributed by atoms with van der Waals surface area (Å²) in [4.78, 5) is 2.32. The van der Waals surface area contributed by atoms with Crippen molar-refractivity contribution in [2.45, 2.75) is 25.1 Å². The predicted octanol–water partition coefficient (Wildman–Crippen LogP) is 1.33. The molecule has 2 rings (SSSR count). The molecular formula is C10H18N4S. The maximum atomic E-state index is 5.95. The molecule has 84 valence electrons. The van der Waals surface area contributed by atoms with E-state index in [2.05, 4.69) is 23.8 Å². The number of aromatic nitrogens is 2. The quantitative estimate of drug-likeness (QED) is 0.785. The molecule has 0 bridgehead atoms. The number of hydrogen-bond acceptors (Lipinski definition) is 4. The van der Waals surface area contributed by atoms with Crippen molar-refractivity contribution in [2.75, 3.05) is 22.9 Å². The van der Waals surface area contributed by atoms with Gasteiger partial charge in [0.05, 0.1) is 5.69 Å². The Morgan fingerprint density at radius 2 is 2.27 bits per heavy atom. The van der Waals surface area contributed by atoms with E-state index in [9.17, 15) is 0 Å². The maximum Gasteiger partial charge on any atom is 0.174 e. The van der Waals surface area contributed by atoms with Gasteiger partial charge in [-0.05, 0) is 6.92 Å². The summed E-state index contributed by atoms with van der Waals surface area (Å²) >= 11 is 2.02. The Morgan fingerprint density at radius 1 is 1.53 bits per heavy atom. The molecule has 0 aliphatic carbocycles. The molecule has 1 aliphatic heterocycles. The van der Waals surface area contributed by atoms with Crippen LogP contribution in [0.4, 0.5) is 11.5 Å². The molecule has 0 saturated carbocycles. The Kier molecular flexibility index (Phi) is 2.82. The maximum absolute atomic E-state index is 5.95. The summed E-state index contributed by atoms with van der Waals surface area (Å²) in [5.74, 6) is 2.10. The number of rotatable bonds is 1. The third kappa shape index (κ3) is 1.93. The summed E-state index contributed by atoms with van der Waals surface area (Å²) in [6, 6.07) is 0.501. The minimum Gasteiger partial charge on any atom is -0.394 e. The molecule has 1 aliphatic rings. The Labute approximate surface area is 94.8 Å². The van der Waals surface area contributed by atoms with Crippen LogP contribution in [0, 0.1) is 0 Å². The van der Waals surface area contributed by atoms with Crippen molar-refractivity contribution in [1.82, 2.24) is 9.78 Å². The molecule has 1 aromatic rings. The number of nitrogen functional groups attached to an aromatic ring is 1. The summed E-state index contributed by atoms with van der Waals surface area (Å²) in [6.07, 6.45) is 1.87. The summed E-state index contributed by atoms with van der Waals surface area (Å²) in [5.41, 5.74) is 6.73. The number of aryl methyl sites for hydroxylation is 1. The van der Waals surface area contributed by atoms with Crippen molar-refractivity contribution in [3.05, 3.63) is 6.20 Å². The average Bonchev–Trinajstić information content (AvgIpc) is 2.50. The lowest BCUT2D eigenvalue weighted by atomic mass is 10.2. The summed E-state index contributed by atoms with van der Waals surface area (Å²) in [7, 11) is 1.91. The largest absolute Gasteiger partial charge is 0.394 e. The highest BCUT2D eigenvalue weighted by atomic mass is 32.2. The molecule has 4 nitrogen and oxygen atoms in total. The lowest BCUT2D eigenvalue weighted by molar-refractivity contribution is 0.613. The Bertz CT molecular complexity index is 349. The highest BCUT2D eigenvalue weighted by molar-refractivity contribution is 8.00. The molecule has 15 heavy (non-hydrogen) atoms. The van der Waals surface area contributed by atoms with Gasteiger partial charge in [-0.15, -0.1) is 0 Å². The van der Waals surface area contributed by atoms with E-state index in [-0.39, 0.29) is 0 Å². The molecule has 2 N–H and O–H groups in total. The van der Waals surface area contributed by atoms with Crippen LogP contribution in [-0.4, -0.2) is 33.4 Å². The van der Waals surface area contributed by atoms with E-state index in [1.54, 1.807) is 4.68 Å². The zero-order valence-electron chi connectivity index (χ0n) is 9.47. The number of hydrogen-bond donors (Lipinski definition) is 1. The zero-order chi connectivity index (χ0) is 11.0. The molecule has 1 fully saturated rings. The van der Waals surface area contributed by atoms with Gasteiger partial charge in [-0.3, -0.25) is 4.68 Å². The summed E-state index contributed by atoms with van der Waals surface area (Å²) < 4.78 is 1.78. The molecule has 0 amide bonds. The molecule has 2 unspecified atom stereocenters. The molecule has 1 saturated heterocycles. The minimum atomic E-state index is 0.501. The molecule has 5 heteroatoms. The number of nitrogens with two attached hydrogens (primary N) is 1. The fourth-order valence-electron chi connectivity index (χ4n) is 1.95. The van der Waals surface area contributed by atoms with Crippen LogP contribution in [0.3, 0.4) is 0 Å². The molecule has 0 aromatic carbocycles. The molecule has 0 spiro atoms. The van der Waals surface area contributed by atoms with E-state index < -0.39 is 0 Å². The van der Waals surface area contributed by atoms with Crippen LogP contribution >= 0.6 is 11.8 Å². The third-order valence-electron chi connectivity index (χ3n) is 2.99. The van der Waals surface area contributed by atoms with Gasteiger partial charge in [0.15, 0.2) is 5.82 Å². The average molecular weight is 226 g/mol. The first kappa shape index (κ1) is 10.7. The van der Waals surface area contributed by atoms with Crippen molar-refractivity contribution in [3.8, 4) is 0 Å². The Hall–Kier alpha value is -0.840. The molecule has 2 heterocycles. The lowest BCUT2D eigenvalue weighted by Crippen LogP contribution is -2.45. The van der Waals surface area contributed by atoms with Gasteiger partial charge in [-0.1, -0.05) is 6.92 Å². The SMILES string of the molecule is CC1SCCN(c2nn(C)cc2N)C1C. The molecule has 2 atom stereocenters. The summed E-state index contributed by atoms with van der Waals surface area (Å²) in [5, 5.41) is 5.07. The van der Waals surface area contributed by atoms with Gasteiger partial charge in [-0.2, -0.15) is 16.9 Å². The van der Waals surface area contributed by atoms with Crippen LogP contribution in [0.25, 0.3) is 0 Å². The second-order valence-corrected chi connectivity index (χ2v) is 5.58. The fourth-order valence-corrected chi connectivity index (χ4v) is 3.05. The molecule has 0 radical (unpaired) electrons. The van der Waals surface area contributed by atoms with Gasteiger partial charge in [-0.25, -0.2) is 0 Å². The normalized spacial score (nSPS) is 27.0. The predicted molar refractivity (Wildman–Crippen MR) is 66.3 cm³/mol. The smallest absolute Gasteiger partial charge is 0.174 e. The van der Waals surface area contributed by atoms with Gasteiger partial charge < -0.3 is 10.6 Å². The number of thioether (sulfide) groups is 1. The van der Waals surface area contributed by atoms with Crippen LogP contribution < -0.4 is 10.6 Å². The van der Waals surface area contributed by atoms with E-state index in [0.29, 0.717) is 11.3 Å². The summed E-state index contributed by atoms with van der Waals surface area (Å²) in [6.45, 7) is 5.54. The zero-order valence-corrected chi connectivity index (χ0v) is 10.3. The Morgan fingerprint density at radius 3 is 2.87 bits per heavy atom. The minimum absolute atomic E-state index is 0.501. The highest BCUT2D eigenvalue weighted by Crippen LogP contribution is 2.30. The van der Waals surface area contributed by atoms with E-state index in [1.807, 2.05) is 25.0 Å². The van der Waals surface area contributed by atoms with Crippen molar-refractivity contribution in [1.29, 1.82) is 0 Å². The van der Waals surface area contributed by atoms with Crippen LogP contribution in [0.5, 0.6) is 0 Å². The molecular weight excluding hydrogens is 208 g/mol. The van der Waals surface area contributed by atoms with Gasteiger partial charge in [0.1, 0.15) is 0 Å². The molecule has 1 aromatic heterocycles. The first-order chi connectivity index (χ1) is 7.09. The van der Waals surface area contributed by atoms with Crippen molar-refractivity contribution in [3.63, 3.8) is 0 Å². The van der Waals surface area contributed by atoms with Crippen LogP contribution in [0.1, 0.15) is 13.8 Å². The second-order valence-electron chi connectivity index (χ2n) is 4.09. The van der Waals surface area contributed by atoms with Crippen LogP contribution in [0.2, 0.25) is 0 Å².